The molecule has 0 aliphatic carbocycles. The van der Waals surface area contributed by atoms with Gasteiger partial charge in [-0.05, 0) is 36.4 Å². The van der Waals surface area contributed by atoms with Gasteiger partial charge >= 0.3 is 0 Å². The van der Waals surface area contributed by atoms with E-state index in [-0.39, 0.29) is 4.90 Å². The fraction of sp³-hybridized carbons (Fsp3) is 0. The summed E-state index contributed by atoms with van der Waals surface area (Å²) in [6, 6.07) is 14.5. The van der Waals surface area contributed by atoms with Crippen molar-refractivity contribution in [2.24, 2.45) is 5.10 Å². The van der Waals surface area contributed by atoms with E-state index in [0.29, 0.717) is 11.3 Å². The van der Waals surface area contributed by atoms with Crippen LogP contribution >= 0.6 is 0 Å². The van der Waals surface area contributed by atoms with Gasteiger partial charge in [0.2, 0.25) is 0 Å². The normalized spacial score (nSPS) is 11.5. The molecule has 0 aliphatic heterocycles. The number of aromatic nitrogens is 2. The van der Waals surface area contributed by atoms with Crippen molar-refractivity contribution in [1.29, 1.82) is 0 Å². The molecular weight excluding hydrogens is 340 g/mol. The monoisotopic (exact) mass is 354 g/mol. The Balaban J connectivity index is 1.80. The zero-order valence-corrected chi connectivity index (χ0v) is 13.8. The maximum absolute atomic E-state index is 12.6. The molecule has 0 radical (unpaired) electrons. The third-order valence-electron chi connectivity index (χ3n) is 3.33. The second kappa shape index (κ2) is 7.10. The maximum Gasteiger partial charge on any atom is 0.272 e. The van der Waals surface area contributed by atoms with Gasteiger partial charge in [0.15, 0.2) is 0 Å². The molecule has 7 nitrogen and oxygen atoms in total. The highest BCUT2D eigenvalue weighted by atomic mass is 32.2. The minimum atomic E-state index is -3.73. The summed E-state index contributed by atoms with van der Waals surface area (Å²) in [7, 11) is -3.73. The van der Waals surface area contributed by atoms with Crippen molar-refractivity contribution in [2.45, 2.75) is 4.90 Å². The lowest BCUT2D eigenvalue weighted by Gasteiger charge is -2.07. The number of nitrogens with one attached hydrogen (secondary N) is 1. The molecule has 1 N–H and O–H groups in total. The molecule has 3 rings (SSSR count). The number of carbonyl (C=O) groups is 1. The number of amides is 1. The molecule has 0 bridgehead atoms. The predicted octanol–water partition coefficient (Wildman–Crippen LogP) is 1.88. The van der Waals surface area contributed by atoms with Crippen LogP contribution in [0.1, 0.15) is 16.1 Å². The lowest BCUT2D eigenvalue weighted by atomic mass is 10.3. The second-order valence-corrected chi connectivity index (χ2v) is 6.80. The smallest absolute Gasteiger partial charge is 0.267 e. The number of pyridine rings is 1. The van der Waals surface area contributed by atoms with E-state index in [1.54, 1.807) is 48.7 Å². The number of hydrogen-bond acceptors (Lipinski definition) is 5. The first kappa shape index (κ1) is 16.6. The van der Waals surface area contributed by atoms with E-state index in [4.69, 9.17) is 0 Å². The molecule has 3 aromatic rings. The number of hydrogen-bond donors (Lipinski definition) is 1. The van der Waals surface area contributed by atoms with Crippen LogP contribution in [-0.2, 0) is 10.0 Å². The summed E-state index contributed by atoms with van der Waals surface area (Å²) in [5, 5.41) is 3.82. The molecule has 1 amide bonds. The van der Waals surface area contributed by atoms with E-state index in [9.17, 15) is 13.2 Å². The van der Waals surface area contributed by atoms with Gasteiger partial charge in [0.25, 0.3) is 15.9 Å². The van der Waals surface area contributed by atoms with Crippen LogP contribution in [0.15, 0.2) is 83.2 Å². The predicted molar refractivity (Wildman–Crippen MR) is 92.8 cm³/mol. The summed E-state index contributed by atoms with van der Waals surface area (Å²) in [6.45, 7) is 0. The molecule has 2 heterocycles. The summed E-state index contributed by atoms with van der Waals surface area (Å²) >= 11 is 0. The van der Waals surface area contributed by atoms with Crippen LogP contribution in [0.4, 0.5) is 0 Å². The van der Waals surface area contributed by atoms with E-state index in [1.807, 2.05) is 0 Å². The first-order chi connectivity index (χ1) is 12.1. The van der Waals surface area contributed by atoms with Crippen LogP contribution in [0.5, 0.6) is 0 Å². The van der Waals surface area contributed by atoms with Gasteiger partial charge in [-0.2, -0.15) is 5.10 Å². The summed E-state index contributed by atoms with van der Waals surface area (Å²) in [5.41, 5.74) is 3.01. The third-order valence-corrected chi connectivity index (χ3v) is 5.05. The zero-order valence-electron chi connectivity index (χ0n) is 13.0. The Bertz CT molecular complexity index is 997. The van der Waals surface area contributed by atoms with Gasteiger partial charge in [0, 0.05) is 18.6 Å². The molecule has 25 heavy (non-hydrogen) atoms. The van der Waals surface area contributed by atoms with Crippen molar-refractivity contribution < 1.29 is 13.2 Å². The Kier molecular flexibility index (Phi) is 4.71. The highest BCUT2D eigenvalue weighted by molar-refractivity contribution is 7.90. The van der Waals surface area contributed by atoms with Crippen molar-refractivity contribution in [3.8, 4) is 0 Å². The van der Waals surface area contributed by atoms with Crippen molar-refractivity contribution in [3.63, 3.8) is 0 Å². The Morgan fingerprint density at radius 2 is 1.88 bits per heavy atom. The maximum atomic E-state index is 12.6. The average Bonchev–Trinajstić information content (AvgIpc) is 3.12. The minimum absolute atomic E-state index is 0.167. The van der Waals surface area contributed by atoms with Crippen LogP contribution in [0, 0.1) is 0 Å². The van der Waals surface area contributed by atoms with Gasteiger partial charge in [-0.1, -0.05) is 18.2 Å². The molecule has 0 fully saturated rings. The number of carbonyl (C=O) groups excluding carboxylic acids is 1. The third kappa shape index (κ3) is 3.64. The number of nitrogens with zero attached hydrogens (tertiary/aromatic N) is 3. The van der Waals surface area contributed by atoms with Crippen LogP contribution in [-0.4, -0.2) is 29.5 Å². The van der Waals surface area contributed by atoms with Gasteiger partial charge in [-0.25, -0.2) is 17.8 Å². The van der Waals surface area contributed by atoms with E-state index in [1.165, 1.54) is 30.7 Å². The summed E-state index contributed by atoms with van der Waals surface area (Å²) < 4.78 is 26.4. The van der Waals surface area contributed by atoms with Crippen LogP contribution in [0.2, 0.25) is 0 Å². The van der Waals surface area contributed by atoms with Gasteiger partial charge in [0.05, 0.1) is 22.4 Å². The van der Waals surface area contributed by atoms with E-state index in [2.05, 4.69) is 15.5 Å². The quantitative estimate of drug-likeness (QED) is 0.559. The Hall–Kier alpha value is -3.26. The molecule has 2 aromatic heterocycles. The first-order valence-electron chi connectivity index (χ1n) is 7.30. The number of benzene rings is 1. The highest BCUT2D eigenvalue weighted by Crippen LogP contribution is 2.15. The fourth-order valence-electron chi connectivity index (χ4n) is 2.12. The van der Waals surface area contributed by atoms with E-state index in [0.717, 1.165) is 3.97 Å². The molecule has 0 saturated carbocycles. The van der Waals surface area contributed by atoms with Crippen LogP contribution in [0.3, 0.4) is 0 Å². The largest absolute Gasteiger partial charge is 0.272 e. The zero-order chi connectivity index (χ0) is 17.7. The molecular formula is C17H14N4O3S. The molecule has 0 saturated heterocycles. The number of rotatable bonds is 5. The summed E-state index contributed by atoms with van der Waals surface area (Å²) in [5.74, 6) is -0.437. The molecule has 8 heteroatoms. The van der Waals surface area contributed by atoms with E-state index < -0.39 is 15.9 Å². The summed E-state index contributed by atoms with van der Waals surface area (Å²) in [4.78, 5) is 15.9. The lowest BCUT2D eigenvalue weighted by Crippen LogP contribution is -2.19. The number of hydrazone groups is 1. The van der Waals surface area contributed by atoms with Gasteiger partial charge in [-0.3, -0.25) is 9.78 Å². The molecule has 0 spiro atoms. The Morgan fingerprint density at radius 3 is 2.60 bits per heavy atom. The van der Waals surface area contributed by atoms with Crippen LogP contribution < -0.4 is 5.43 Å². The molecule has 126 valence electrons. The van der Waals surface area contributed by atoms with Crippen molar-refractivity contribution in [1.82, 2.24) is 14.4 Å². The van der Waals surface area contributed by atoms with Gasteiger partial charge in [-0.15, -0.1) is 0 Å². The van der Waals surface area contributed by atoms with Crippen molar-refractivity contribution in [2.75, 3.05) is 0 Å². The van der Waals surface area contributed by atoms with Crippen molar-refractivity contribution >= 4 is 22.1 Å². The fourth-order valence-corrected chi connectivity index (χ4v) is 3.47. The van der Waals surface area contributed by atoms with Gasteiger partial charge < -0.3 is 0 Å². The molecule has 0 unspecified atom stereocenters. The van der Waals surface area contributed by atoms with Crippen molar-refractivity contribution in [3.05, 3.63) is 84.4 Å². The van der Waals surface area contributed by atoms with Crippen LogP contribution in [0.25, 0.3) is 0 Å². The molecule has 0 aliphatic rings. The Labute approximate surface area is 144 Å². The highest BCUT2D eigenvalue weighted by Gasteiger charge is 2.18. The molecule has 0 atom stereocenters. The lowest BCUT2D eigenvalue weighted by molar-refractivity contribution is 0.0954. The standard InChI is InChI=1S/C17H14N4O3S/c22-17(14-6-4-10-18-12-14)20-19-13-15-7-5-11-21(15)25(23,24)16-8-2-1-3-9-16/h1-13H,(H,20,22)/b19-13+. The molecule has 1 aromatic carbocycles. The average molecular weight is 354 g/mol. The topological polar surface area (TPSA) is 93.4 Å². The minimum Gasteiger partial charge on any atom is -0.267 e. The Morgan fingerprint density at radius 1 is 1.08 bits per heavy atom. The summed E-state index contributed by atoms with van der Waals surface area (Å²) in [6.07, 6.45) is 5.66. The first-order valence-corrected chi connectivity index (χ1v) is 8.74. The second-order valence-electron chi connectivity index (χ2n) is 4.99. The van der Waals surface area contributed by atoms with E-state index >= 15 is 0 Å². The van der Waals surface area contributed by atoms with Gasteiger partial charge in [0.1, 0.15) is 0 Å². The SMILES string of the molecule is O=C(N/N=C/c1cccn1S(=O)(=O)c1ccccc1)c1cccnc1.